The summed E-state index contributed by atoms with van der Waals surface area (Å²) in [5, 5.41) is 0. The average molecular weight is 301 g/mol. The number of hydrogen-bond acceptors (Lipinski definition) is 5. The van der Waals surface area contributed by atoms with E-state index in [2.05, 4.69) is 28.7 Å². The molecular weight excluding hydrogens is 274 g/mol. The monoisotopic (exact) mass is 301 g/mol. The van der Waals surface area contributed by atoms with Gasteiger partial charge < -0.3 is 16.4 Å². The third-order valence-electron chi connectivity index (χ3n) is 6.22. The lowest BCUT2D eigenvalue weighted by atomic mass is 9.37. The van der Waals surface area contributed by atoms with Crippen LogP contribution in [-0.4, -0.2) is 34.1 Å². The quantitative estimate of drug-likeness (QED) is 0.887. The van der Waals surface area contributed by atoms with Crippen molar-refractivity contribution < 1.29 is 0 Å². The van der Waals surface area contributed by atoms with Crippen LogP contribution in [0, 0.1) is 11.8 Å². The Morgan fingerprint density at radius 2 is 1.64 bits per heavy atom. The molecule has 1 saturated heterocycles. The van der Waals surface area contributed by atoms with Gasteiger partial charge in [0.05, 0.1) is 0 Å². The lowest BCUT2D eigenvalue weighted by Gasteiger charge is -2.73. The van der Waals surface area contributed by atoms with E-state index in [1.807, 2.05) is 12.4 Å². The molecule has 4 N–H and O–H groups in total. The van der Waals surface area contributed by atoms with Crippen molar-refractivity contribution in [2.75, 3.05) is 18.0 Å². The van der Waals surface area contributed by atoms with Crippen LogP contribution in [0.1, 0.15) is 51.0 Å². The molecule has 0 spiro atoms. The Balaban J connectivity index is 1.43. The Morgan fingerprint density at radius 3 is 2.09 bits per heavy atom. The van der Waals surface area contributed by atoms with E-state index in [0.717, 1.165) is 49.3 Å². The largest absolute Gasteiger partial charge is 0.341 e. The van der Waals surface area contributed by atoms with Crippen LogP contribution in [0.25, 0.3) is 0 Å². The number of piperidine rings is 1. The first-order valence-corrected chi connectivity index (χ1v) is 8.56. The first-order chi connectivity index (χ1) is 10.4. The fraction of sp³-hybridized carbons (Fsp3) is 0.765. The molecule has 4 fully saturated rings. The Labute approximate surface area is 132 Å². The summed E-state index contributed by atoms with van der Waals surface area (Å²) in [6.45, 7) is 6.77. The zero-order chi connectivity index (χ0) is 15.5. The lowest BCUT2D eigenvalue weighted by Crippen LogP contribution is -2.86. The molecule has 5 nitrogen and oxygen atoms in total. The van der Waals surface area contributed by atoms with E-state index in [-0.39, 0.29) is 17.0 Å². The minimum atomic E-state index is -0.0881. The van der Waals surface area contributed by atoms with Crippen molar-refractivity contribution in [3.05, 3.63) is 18.0 Å². The topological polar surface area (TPSA) is 81.1 Å². The summed E-state index contributed by atoms with van der Waals surface area (Å²) >= 11 is 0. The molecule has 5 heteroatoms. The number of aromatic nitrogens is 2. The van der Waals surface area contributed by atoms with Crippen LogP contribution in [0.3, 0.4) is 0 Å². The second-order valence-corrected chi connectivity index (χ2v) is 8.14. The molecule has 0 radical (unpaired) electrons. The second-order valence-electron chi connectivity index (χ2n) is 8.14. The summed E-state index contributed by atoms with van der Waals surface area (Å²) in [6.07, 6.45) is 8.25. The van der Waals surface area contributed by atoms with Crippen molar-refractivity contribution in [2.24, 2.45) is 23.3 Å². The highest BCUT2D eigenvalue weighted by molar-refractivity contribution is 5.44. The minimum Gasteiger partial charge on any atom is -0.341 e. The average Bonchev–Trinajstić information content (AvgIpc) is 2.47. The van der Waals surface area contributed by atoms with Gasteiger partial charge in [-0.05, 0) is 43.1 Å². The van der Waals surface area contributed by atoms with Crippen molar-refractivity contribution in [2.45, 2.75) is 56.5 Å². The first-order valence-electron chi connectivity index (χ1n) is 8.56. The molecule has 3 saturated carbocycles. The molecule has 0 unspecified atom stereocenters. The summed E-state index contributed by atoms with van der Waals surface area (Å²) in [5.41, 5.74) is 13.6. The van der Waals surface area contributed by atoms with Crippen LogP contribution in [-0.2, 0) is 0 Å². The Morgan fingerprint density at radius 1 is 1.09 bits per heavy atom. The Hall–Kier alpha value is -1.20. The molecule has 1 aliphatic heterocycles. The van der Waals surface area contributed by atoms with Crippen LogP contribution in [0.5, 0.6) is 0 Å². The third kappa shape index (κ3) is 1.98. The number of rotatable bonds is 3. The highest BCUT2D eigenvalue weighted by Crippen LogP contribution is 2.66. The molecule has 4 aliphatic rings. The van der Waals surface area contributed by atoms with Crippen molar-refractivity contribution in [1.82, 2.24) is 9.97 Å². The van der Waals surface area contributed by atoms with Gasteiger partial charge in [-0.1, -0.05) is 13.8 Å². The number of nitrogens with zero attached hydrogens (tertiary/aromatic N) is 3. The van der Waals surface area contributed by atoms with Gasteiger partial charge in [0.1, 0.15) is 0 Å². The van der Waals surface area contributed by atoms with E-state index in [0.29, 0.717) is 0 Å². The number of hydrogen-bond donors (Lipinski definition) is 2. The van der Waals surface area contributed by atoms with E-state index in [9.17, 15) is 0 Å². The van der Waals surface area contributed by atoms with E-state index in [1.54, 1.807) is 0 Å². The summed E-state index contributed by atoms with van der Waals surface area (Å²) in [7, 11) is 0. The van der Waals surface area contributed by atoms with Crippen molar-refractivity contribution >= 4 is 5.95 Å². The van der Waals surface area contributed by atoms with E-state index < -0.39 is 0 Å². The van der Waals surface area contributed by atoms with Gasteiger partial charge in [0.15, 0.2) is 0 Å². The predicted molar refractivity (Wildman–Crippen MR) is 87.6 cm³/mol. The molecule has 1 aromatic rings. The smallest absolute Gasteiger partial charge is 0.225 e. The molecule has 120 valence electrons. The van der Waals surface area contributed by atoms with Crippen LogP contribution >= 0.6 is 0 Å². The molecule has 0 amide bonds. The summed E-state index contributed by atoms with van der Waals surface area (Å²) in [4.78, 5) is 11.5. The first kappa shape index (κ1) is 14.4. The molecule has 1 aromatic heterocycles. The van der Waals surface area contributed by atoms with Gasteiger partial charge in [0, 0.05) is 42.5 Å². The van der Waals surface area contributed by atoms with Crippen molar-refractivity contribution in [1.29, 1.82) is 0 Å². The molecule has 5 rings (SSSR count). The lowest BCUT2D eigenvalue weighted by molar-refractivity contribution is -0.0860. The Bertz CT molecular complexity index is 539. The zero-order valence-electron chi connectivity index (χ0n) is 13.6. The third-order valence-corrected chi connectivity index (χ3v) is 6.22. The number of anilines is 1. The van der Waals surface area contributed by atoms with Crippen molar-refractivity contribution in [3.8, 4) is 0 Å². The normalized spacial score (nSPS) is 37.9. The maximum Gasteiger partial charge on any atom is 0.225 e. The molecule has 0 atom stereocenters. The highest BCUT2D eigenvalue weighted by atomic mass is 15.2. The maximum atomic E-state index is 6.33. The molecule has 0 aromatic carbocycles. The predicted octanol–water partition coefficient (Wildman–Crippen LogP) is 1.64. The summed E-state index contributed by atoms with van der Waals surface area (Å²) in [5.74, 6) is 2.72. The van der Waals surface area contributed by atoms with Gasteiger partial charge >= 0.3 is 0 Å². The van der Waals surface area contributed by atoms with Crippen LogP contribution < -0.4 is 16.4 Å². The van der Waals surface area contributed by atoms with Crippen molar-refractivity contribution in [3.63, 3.8) is 0 Å². The van der Waals surface area contributed by atoms with Gasteiger partial charge in [-0.2, -0.15) is 0 Å². The second kappa shape index (κ2) is 4.65. The van der Waals surface area contributed by atoms with Gasteiger partial charge in [-0.25, -0.2) is 9.97 Å². The number of nitrogens with two attached hydrogens (primary N) is 2. The van der Waals surface area contributed by atoms with Gasteiger partial charge in [0.2, 0.25) is 5.95 Å². The van der Waals surface area contributed by atoms with E-state index >= 15 is 0 Å². The standard InChI is InChI=1S/C17H27N5/c1-11(2)12-3-5-22(6-4-12)15-20-7-13(8-21-15)14-16(18)9-17(14,19)10-16/h7-8,11-12,14H,3-6,9-10,18-19H2,1-2H3. The summed E-state index contributed by atoms with van der Waals surface area (Å²) in [6, 6.07) is 0. The SMILES string of the molecule is CC(C)C1CCN(c2ncc(C3C4(N)CC3(N)C4)cn2)CC1. The summed E-state index contributed by atoms with van der Waals surface area (Å²) < 4.78 is 0. The fourth-order valence-electron chi connectivity index (χ4n) is 4.97. The van der Waals surface area contributed by atoms with Gasteiger partial charge in [0.25, 0.3) is 0 Å². The van der Waals surface area contributed by atoms with Crippen LogP contribution in [0.15, 0.2) is 12.4 Å². The molecular formula is C17H27N5. The van der Waals surface area contributed by atoms with Gasteiger partial charge in [-0.3, -0.25) is 0 Å². The Kier molecular flexibility index (Phi) is 3.04. The molecule has 2 heterocycles. The highest BCUT2D eigenvalue weighted by Gasteiger charge is 2.72. The maximum absolute atomic E-state index is 6.33. The van der Waals surface area contributed by atoms with Crippen LogP contribution in [0.4, 0.5) is 5.95 Å². The van der Waals surface area contributed by atoms with Gasteiger partial charge in [-0.15, -0.1) is 0 Å². The fourth-order valence-corrected chi connectivity index (χ4v) is 4.97. The zero-order valence-corrected chi connectivity index (χ0v) is 13.6. The van der Waals surface area contributed by atoms with E-state index in [4.69, 9.17) is 11.5 Å². The minimum absolute atomic E-state index is 0.0881. The van der Waals surface area contributed by atoms with E-state index in [1.165, 1.54) is 12.8 Å². The van der Waals surface area contributed by atoms with Crippen LogP contribution in [0.2, 0.25) is 0 Å². The molecule has 3 aliphatic carbocycles. The molecule has 22 heavy (non-hydrogen) atoms. The molecule has 2 bridgehead atoms.